The Bertz CT molecular complexity index is 854. The first kappa shape index (κ1) is 17.4. The fraction of sp³-hybridized carbons (Fsp3) is 0.333. The molecule has 2 aromatic rings. The smallest absolute Gasteiger partial charge is 0.322 e. The predicted molar refractivity (Wildman–Crippen MR) is 83.9 cm³/mol. The van der Waals surface area contributed by atoms with Crippen LogP contribution in [0.2, 0.25) is 5.15 Å². The normalized spacial score (nSPS) is 17.3. The van der Waals surface area contributed by atoms with Crippen LogP contribution in [0.25, 0.3) is 0 Å². The molecule has 1 atom stereocenters. The SMILES string of the molecule is O=C(CN1c2nc(Cl)cc(=O)n2CC[C@H]1C(F)(F)F)c1ccccn1. The molecule has 132 valence electrons. The molecule has 0 N–H and O–H groups in total. The molecule has 1 aliphatic heterocycles. The van der Waals surface area contributed by atoms with E-state index in [0.717, 1.165) is 15.5 Å². The highest BCUT2D eigenvalue weighted by Gasteiger charge is 2.47. The van der Waals surface area contributed by atoms with Gasteiger partial charge in [0.1, 0.15) is 16.9 Å². The van der Waals surface area contributed by atoms with E-state index in [0.29, 0.717) is 0 Å². The second-order valence-electron chi connectivity index (χ2n) is 5.48. The Balaban J connectivity index is 2.03. The third kappa shape index (κ3) is 3.51. The average Bonchev–Trinajstić information content (AvgIpc) is 2.55. The van der Waals surface area contributed by atoms with Crippen molar-refractivity contribution in [2.24, 2.45) is 0 Å². The number of pyridine rings is 1. The molecule has 0 spiro atoms. The van der Waals surface area contributed by atoms with Crippen LogP contribution in [-0.2, 0) is 6.54 Å². The lowest BCUT2D eigenvalue weighted by Crippen LogP contribution is -2.54. The Morgan fingerprint density at radius 2 is 2.12 bits per heavy atom. The van der Waals surface area contributed by atoms with Gasteiger partial charge in [-0.15, -0.1) is 0 Å². The number of ketones is 1. The van der Waals surface area contributed by atoms with Gasteiger partial charge in [0.25, 0.3) is 5.56 Å². The molecule has 0 amide bonds. The van der Waals surface area contributed by atoms with Crippen LogP contribution in [0.3, 0.4) is 0 Å². The molecule has 0 radical (unpaired) electrons. The van der Waals surface area contributed by atoms with Gasteiger partial charge in [-0.25, -0.2) is 4.98 Å². The highest BCUT2D eigenvalue weighted by Crippen LogP contribution is 2.33. The van der Waals surface area contributed by atoms with Gasteiger partial charge in [-0.05, 0) is 18.6 Å². The molecule has 1 aliphatic rings. The third-order valence-electron chi connectivity index (χ3n) is 3.86. The summed E-state index contributed by atoms with van der Waals surface area (Å²) in [4.78, 5) is 32.8. The lowest BCUT2D eigenvalue weighted by Gasteiger charge is -2.38. The van der Waals surface area contributed by atoms with E-state index in [4.69, 9.17) is 11.6 Å². The number of anilines is 1. The van der Waals surface area contributed by atoms with Crippen molar-refractivity contribution in [3.05, 3.63) is 51.7 Å². The zero-order valence-corrected chi connectivity index (χ0v) is 13.5. The topological polar surface area (TPSA) is 68.1 Å². The molecule has 10 heteroatoms. The summed E-state index contributed by atoms with van der Waals surface area (Å²) >= 11 is 5.73. The molecule has 0 saturated heterocycles. The maximum Gasteiger partial charge on any atom is 0.408 e. The highest BCUT2D eigenvalue weighted by molar-refractivity contribution is 6.29. The summed E-state index contributed by atoms with van der Waals surface area (Å²) in [5.74, 6) is -0.882. The van der Waals surface area contributed by atoms with Crippen LogP contribution in [0.1, 0.15) is 16.9 Å². The van der Waals surface area contributed by atoms with Gasteiger partial charge in [-0.3, -0.25) is 19.1 Å². The monoisotopic (exact) mass is 372 g/mol. The molecule has 3 rings (SSSR count). The lowest BCUT2D eigenvalue weighted by molar-refractivity contribution is -0.152. The fourth-order valence-electron chi connectivity index (χ4n) is 2.73. The molecule has 0 saturated carbocycles. The maximum absolute atomic E-state index is 13.4. The number of alkyl halides is 3. The molecule has 25 heavy (non-hydrogen) atoms. The number of Topliss-reactive ketones (excluding diaryl/α,β-unsaturated/α-hetero) is 1. The Morgan fingerprint density at radius 3 is 2.76 bits per heavy atom. The minimum absolute atomic E-state index is 0.0323. The first-order chi connectivity index (χ1) is 11.8. The van der Waals surface area contributed by atoms with E-state index in [1.54, 1.807) is 12.1 Å². The number of carbonyl (C=O) groups excluding carboxylic acids is 1. The summed E-state index contributed by atoms with van der Waals surface area (Å²) in [6.45, 7) is -0.773. The minimum Gasteiger partial charge on any atom is -0.322 e. The Labute approximate surface area is 144 Å². The Kier molecular flexibility index (Phi) is 4.51. The number of halogens is 4. The Hall–Kier alpha value is -2.42. The quantitative estimate of drug-likeness (QED) is 0.611. The molecular formula is C15H12ClF3N4O2. The van der Waals surface area contributed by atoms with Gasteiger partial charge >= 0.3 is 6.18 Å². The molecule has 0 bridgehead atoms. The molecular weight excluding hydrogens is 361 g/mol. The van der Waals surface area contributed by atoms with Gasteiger partial charge in [0.2, 0.25) is 5.95 Å². The predicted octanol–water partition coefficient (Wildman–Crippen LogP) is 2.32. The second kappa shape index (κ2) is 6.47. The second-order valence-corrected chi connectivity index (χ2v) is 5.87. The van der Waals surface area contributed by atoms with Gasteiger partial charge in [0.05, 0.1) is 6.54 Å². The van der Waals surface area contributed by atoms with E-state index in [1.807, 2.05) is 0 Å². The fourth-order valence-corrected chi connectivity index (χ4v) is 2.90. The van der Waals surface area contributed by atoms with Crippen LogP contribution in [0.4, 0.5) is 19.1 Å². The zero-order valence-electron chi connectivity index (χ0n) is 12.7. The van der Waals surface area contributed by atoms with Crippen LogP contribution in [0.15, 0.2) is 35.3 Å². The number of rotatable bonds is 3. The van der Waals surface area contributed by atoms with Crippen molar-refractivity contribution < 1.29 is 18.0 Å². The lowest BCUT2D eigenvalue weighted by atomic mass is 10.1. The van der Waals surface area contributed by atoms with Crippen molar-refractivity contribution in [2.75, 3.05) is 11.4 Å². The standard InChI is InChI=1S/C15H12ClF3N4O2/c16-12-7-13(25)22-6-4-11(15(17,18)19)23(14(22)21-12)8-10(24)9-3-1-2-5-20-9/h1-3,5,7,11H,4,6,8H2/t11-/m0/s1. The van der Waals surface area contributed by atoms with Crippen molar-refractivity contribution in [3.8, 4) is 0 Å². The van der Waals surface area contributed by atoms with Gasteiger partial charge in [-0.1, -0.05) is 17.7 Å². The minimum atomic E-state index is -4.59. The van der Waals surface area contributed by atoms with Crippen molar-refractivity contribution in [1.29, 1.82) is 0 Å². The molecule has 0 unspecified atom stereocenters. The Morgan fingerprint density at radius 1 is 1.36 bits per heavy atom. The van der Waals surface area contributed by atoms with Crippen LogP contribution >= 0.6 is 11.6 Å². The summed E-state index contributed by atoms with van der Waals surface area (Å²) in [6, 6.07) is 3.65. The number of fused-ring (bicyclic) bond motifs is 1. The molecule has 0 aromatic carbocycles. The van der Waals surface area contributed by atoms with E-state index < -0.39 is 30.1 Å². The van der Waals surface area contributed by atoms with E-state index in [2.05, 4.69) is 9.97 Å². The van der Waals surface area contributed by atoms with E-state index in [-0.39, 0.29) is 29.8 Å². The third-order valence-corrected chi connectivity index (χ3v) is 4.05. The largest absolute Gasteiger partial charge is 0.408 e. The number of hydrogen-bond acceptors (Lipinski definition) is 5. The number of carbonyl (C=O) groups is 1. The molecule has 2 aromatic heterocycles. The van der Waals surface area contributed by atoms with Crippen LogP contribution in [0.5, 0.6) is 0 Å². The summed E-state index contributed by atoms with van der Waals surface area (Å²) < 4.78 is 41.4. The molecule has 3 heterocycles. The van der Waals surface area contributed by atoms with Crippen molar-refractivity contribution in [3.63, 3.8) is 0 Å². The van der Waals surface area contributed by atoms with Gasteiger partial charge in [-0.2, -0.15) is 13.2 Å². The first-order valence-corrected chi connectivity index (χ1v) is 7.70. The summed E-state index contributed by atoms with van der Waals surface area (Å²) in [5.41, 5.74) is -0.532. The summed E-state index contributed by atoms with van der Waals surface area (Å²) in [5, 5.41) is -0.227. The first-order valence-electron chi connectivity index (χ1n) is 7.32. The van der Waals surface area contributed by atoms with Crippen molar-refractivity contribution in [2.45, 2.75) is 25.2 Å². The average molecular weight is 373 g/mol. The van der Waals surface area contributed by atoms with E-state index in [1.165, 1.54) is 12.3 Å². The van der Waals surface area contributed by atoms with E-state index >= 15 is 0 Å². The number of nitrogens with zero attached hydrogens (tertiary/aromatic N) is 4. The zero-order chi connectivity index (χ0) is 18.2. The maximum atomic E-state index is 13.4. The number of hydrogen-bond donors (Lipinski definition) is 0. The van der Waals surface area contributed by atoms with Gasteiger partial charge < -0.3 is 4.90 Å². The summed E-state index contributed by atoms with van der Waals surface area (Å²) in [7, 11) is 0. The van der Waals surface area contributed by atoms with E-state index in [9.17, 15) is 22.8 Å². The highest BCUT2D eigenvalue weighted by atomic mass is 35.5. The molecule has 6 nitrogen and oxygen atoms in total. The van der Waals surface area contributed by atoms with Crippen LogP contribution < -0.4 is 10.5 Å². The van der Waals surface area contributed by atoms with Gasteiger partial charge in [0, 0.05) is 18.8 Å². The number of aromatic nitrogens is 3. The molecule has 0 aliphatic carbocycles. The van der Waals surface area contributed by atoms with Crippen molar-refractivity contribution in [1.82, 2.24) is 14.5 Å². The summed E-state index contributed by atoms with van der Waals surface area (Å²) in [6.07, 6.45) is -3.58. The van der Waals surface area contributed by atoms with Gasteiger partial charge in [0.15, 0.2) is 5.78 Å². The van der Waals surface area contributed by atoms with Crippen LogP contribution in [0, 0.1) is 0 Å². The van der Waals surface area contributed by atoms with Crippen LogP contribution in [-0.4, -0.2) is 39.1 Å². The molecule has 0 fully saturated rings. The van der Waals surface area contributed by atoms with Crippen molar-refractivity contribution >= 4 is 23.3 Å².